The van der Waals surface area contributed by atoms with Gasteiger partial charge in [0.15, 0.2) is 6.10 Å². The van der Waals surface area contributed by atoms with Crippen LogP contribution in [0, 0.1) is 0 Å². The molecule has 0 bridgehead atoms. The molecule has 4 atom stereocenters. The first-order chi connectivity index (χ1) is 15.2. The van der Waals surface area contributed by atoms with Crippen molar-refractivity contribution < 1.29 is 24.2 Å². The number of rotatable bonds is 6. The molecular formula is C25H30BrNO5. The van der Waals surface area contributed by atoms with Gasteiger partial charge in [-0.25, -0.2) is 9.59 Å². The van der Waals surface area contributed by atoms with Gasteiger partial charge in [0.05, 0.1) is 6.10 Å². The summed E-state index contributed by atoms with van der Waals surface area (Å²) in [6.07, 6.45) is -1.30. The van der Waals surface area contributed by atoms with Gasteiger partial charge in [0.1, 0.15) is 17.7 Å². The number of esters is 1. The molecule has 6 nitrogen and oxygen atoms in total. The Morgan fingerprint density at radius 3 is 2.19 bits per heavy atom. The minimum Gasteiger partial charge on any atom is -0.453 e. The summed E-state index contributed by atoms with van der Waals surface area (Å²) in [6.45, 7) is 5.38. The van der Waals surface area contributed by atoms with Crippen LogP contribution in [0.15, 0.2) is 60.7 Å². The Morgan fingerprint density at radius 2 is 1.66 bits per heavy atom. The molecule has 0 radical (unpaired) electrons. The quantitative estimate of drug-likeness (QED) is 0.434. The number of benzene rings is 2. The van der Waals surface area contributed by atoms with Gasteiger partial charge in [-0.15, -0.1) is 0 Å². The molecule has 1 aliphatic rings. The summed E-state index contributed by atoms with van der Waals surface area (Å²) < 4.78 is 11.7. The summed E-state index contributed by atoms with van der Waals surface area (Å²) >= 11 is 3.26. The first-order valence-corrected chi connectivity index (χ1v) is 11.9. The molecule has 1 N–H and O–H groups in total. The van der Waals surface area contributed by atoms with E-state index in [-0.39, 0.29) is 6.42 Å². The maximum Gasteiger partial charge on any atom is 0.411 e. The van der Waals surface area contributed by atoms with Crippen LogP contribution >= 0.6 is 15.9 Å². The van der Waals surface area contributed by atoms with Gasteiger partial charge in [0.25, 0.3) is 0 Å². The third kappa shape index (κ3) is 5.90. The Morgan fingerprint density at radius 1 is 1.09 bits per heavy atom. The average molecular weight is 504 g/mol. The van der Waals surface area contributed by atoms with Gasteiger partial charge in [0.2, 0.25) is 0 Å². The Balaban J connectivity index is 2.08. The molecule has 7 heteroatoms. The monoisotopic (exact) mass is 503 g/mol. The van der Waals surface area contributed by atoms with Crippen LogP contribution in [0.5, 0.6) is 0 Å². The van der Waals surface area contributed by atoms with E-state index in [1.807, 2.05) is 60.7 Å². The smallest absolute Gasteiger partial charge is 0.411 e. The van der Waals surface area contributed by atoms with E-state index in [0.29, 0.717) is 11.8 Å². The lowest BCUT2D eigenvalue weighted by molar-refractivity contribution is -0.175. The van der Waals surface area contributed by atoms with E-state index in [4.69, 9.17) is 9.47 Å². The van der Waals surface area contributed by atoms with Gasteiger partial charge in [-0.05, 0) is 44.7 Å². The summed E-state index contributed by atoms with van der Waals surface area (Å²) in [5, 5.41) is 10.5. The van der Waals surface area contributed by atoms with Crippen molar-refractivity contribution in [3.8, 4) is 0 Å². The fourth-order valence-corrected chi connectivity index (χ4v) is 4.16. The first-order valence-electron chi connectivity index (χ1n) is 10.8. The lowest BCUT2D eigenvalue weighted by Gasteiger charge is -2.45. The molecule has 0 spiro atoms. The van der Waals surface area contributed by atoms with Gasteiger partial charge >= 0.3 is 12.1 Å². The molecule has 1 amide bonds. The molecule has 1 heterocycles. The normalized spacial score (nSPS) is 22.2. The van der Waals surface area contributed by atoms with Gasteiger partial charge < -0.3 is 14.6 Å². The van der Waals surface area contributed by atoms with Gasteiger partial charge in [-0.2, -0.15) is 0 Å². The highest BCUT2D eigenvalue weighted by Gasteiger charge is 2.48. The van der Waals surface area contributed by atoms with Crippen LogP contribution in [-0.4, -0.2) is 45.1 Å². The second kappa shape index (κ2) is 10.5. The molecule has 172 valence electrons. The van der Waals surface area contributed by atoms with Crippen LogP contribution in [0.25, 0.3) is 0 Å². The Labute approximate surface area is 197 Å². The standard InChI is InChI=1S/C25H30BrNO5/c1-25(2,3)32-24(30)27-20(15-14-19(28)16-26)23(29)31-22(18-12-8-5-9-13-18)21(27)17-10-6-4-7-11-17/h4-13,19-22,28H,14-16H2,1-3H3. The Hall–Kier alpha value is -2.38. The molecule has 0 saturated carbocycles. The molecular weight excluding hydrogens is 474 g/mol. The number of aliphatic hydroxyl groups excluding tert-OH is 1. The maximum atomic E-state index is 13.5. The van der Waals surface area contributed by atoms with E-state index in [9.17, 15) is 14.7 Å². The number of ether oxygens (including phenoxy) is 2. The van der Waals surface area contributed by atoms with E-state index < -0.39 is 42.0 Å². The minimum atomic E-state index is -0.872. The van der Waals surface area contributed by atoms with E-state index in [1.165, 1.54) is 4.90 Å². The Kier molecular flexibility index (Phi) is 7.96. The highest BCUT2D eigenvalue weighted by atomic mass is 79.9. The van der Waals surface area contributed by atoms with Crippen molar-refractivity contribution in [3.05, 3.63) is 71.8 Å². The number of hydrogen-bond acceptors (Lipinski definition) is 5. The topological polar surface area (TPSA) is 76.1 Å². The van der Waals surface area contributed by atoms with Crippen molar-refractivity contribution >= 4 is 28.0 Å². The third-order valence-electron chi connectivity index (χ3n) is 5.26. The van der Waals surface area contributed by atoms with Crippen LogP contribution in [-0.2, 0) is 14.3 Å². The number of hydrogen-bond donors (Lipinski definition) is 1. The summed E-state index contributed by atoms with van der Waals surface area (Å²) in [5.41, 5.74) is 0.898. The van der Waals surface area contributed by atoms with Crippen LogP contribution in [0.3, 0.4) is 0 Å². The number of amides is 1. The number of alkyl halides is 1. The maximum absolute atomic E-state index is 13.5. The second-order valence-electron chi connectivity index (χ2n) is 8.91. The number of halogens is 1. The highest BCUT2D eigenvalue weighted by molar-refractivity contribution is 9.09. The minimum absolute atomic E-state index is 0.260. The number of carbonyl (C=O) groups is 2. The largest absolute Gasteiger partial charge is 0.453 e. The molecule has 2 aromatic rings. The van der Waals surface area contributed by atoms with Crippen molar-refractivity contribution in [2.45, 2.75) is 63.5 Å². The molecule has 1 aliphatic heterocycles. The predicted octanol–water partition coefficient (Wildman–Crippen LogP) is 5.17. The second-order valence-corrected chi connectivity index (χ2v) is 9.56. The average Bonchev–Trinajstić information content (AvgIpc) is 2.77. The van der Waals surface area contributed by atoms with Gasteiger partial charge in [-0.3, -0.25) is 4.90 Å². The van der Waals surface area contributed by atoms with Crippen molar-refractivity contribution in [2.75, 3.05) is 5.33 Å². The van der Waals surface area contributed by atoms with Crippen LogP contribution < -0.4 is 0 Å². The number of cyclic esters (lactones) is 1. The van der Waals surface area contributed by atoms with Crippen molar-refractivity contribution in [1.82, 2.24) is 4.90 Å². The van der Waals surface area contributed by atoms with E-state index in [1.54, 1.807) is 20.8 Å². The van der Waals surface area contributed by atoms with Gasteiger partial charge in [0, 0.05) is 5.33 Å². The zero-order chi connectivity index (χ0) is 23.3. The van der Waals surface area contributed by atoms with Crippen LogP contribution in [0.2, 0.25) is 0 Å². The summed E-state index contributed by atoms with van der Waals surface area (Å²) in [7, 11) is 0. The number of aliphatic hydroxyl groups is 1. The Bertz CT molecular complexity index is 900. The summed E-state index contributed by atoms with van der Waals surface area (Å²) in [4.78, 5) is 28.1. The number of nitrogens with zero attached hydrogens (tertiary/aromatic N) is 1. The molecule has 4 unspecified atom stereocenters. The van der Waals surface area contributed by atoms with E-state index >= 15 is 0 Å². The zero-order valence-electron chi connectivity index (χ0n) is 18.6. The third-order valence-corrected chi connectivity index (χ3v) is 6.01. The highest BCUT2D eigenvalue weighted by Crippen LogP contribution is 2.43. The molecule has 3 rings (SSSR count). The number of morpholine rings is 1. The lowest BCUT2D eigenvalue weighted by Crippen LogP contribution is -2.55. The zero-order valence-corrected chi connectivity index (χ0v) is 20.2. The molecule has 0 aromatic heterocycles. The van der Waals surface area contributed by atoms with Crippen molar-refractivity contribution in [2.24, 2.45) is 0 Å². The van der Waals surface area contributed by atoms with Crippen LogP contribution in [0.1, 0.15) is 56.9 Å². The van der Waals surface area contributed by atoms with Crippen LogP contribution in [0.4, 0.5) is 4.79 Å². The van der Waals surface area contributed by atoms with Crippen molar-refractivity contribution in [1.29, 1.82) is 0 Å². The summed E-state index contributed by atoms with van der Waals surface area (Å²) in [6, 6.07) is 17.5. The lowest BCUT2D eigenvalue weighted by atomic mass is 9.90. The predicted molar refractivity (Wildman–Crippen MR) is 125 cm³/mol. The van der Waals surface area contributed by atoms with Crippen molar-refractivity contribution in [3.63, 3.8) is 0 Å². The van der Waals surface area contributed by atoms with Gasteiger partial charge in [-0.1, -0.05) is 76.6 Å². The fourth-order valence-electron chi connectivity index (χ4n) is 3.84. The first kappa shape index (κ1) is 24.3. The van der Waals surface area contributed by atoms with E-state index in [2.05, 4.69) is 15.9 Å². The fraction of sp³-hybridized carbons (Fsp3) is 0.440. The number of carbonyl (C=O) groups excluding carboxylic acids is 2. The molecule has 2 aromatic carbocycles. The molecule has 1 saturated heterocycles. The molecule has 32 heavy (non-hydrogen) atoms. The summed E-state index contributed by atoms with van der Waals surface area (Å²) in [5.74, 6) is -0.501. The molecule has 1 fully saturated rings. The SMILES string of the molecule is CC(C)(C)OC(=O)N1C(CCC(O)CBr)C(=O)OC(c2ccccc2)C1c1ccccc1. The molecule has 0 aliphatic carbocycles. The van der Waals surface area contributed by atoms with E-state index in [0.717, 1.165) is 11.1 Å².